The number of ether oxygens (including phenoxy) is 2. The summed E-state index contributed by atoms with van der Waals surface area (Å²) >= 11 is 14.8. The minimum atomic E-state index is -0.516. The zero-order valence-corrected chi connectivity index (χ0v) is 32.1. The number of benzene rings is 4. The number of rotatable bonds is 9. The van der Waals surface area contributed by atoms with E-state index in [4.69, 9.17) is 49.0 Å². The van der Waals surface area contributed by atoms with E-state index in [9.17, 15) is 18.4 Å². The van der Waals surface area contributed by atoms with Crippen molar-refractivity contribution < 1.29 is 51.5 Å². The molecule has 0 aliphatic heterocycles. The van der Waals surface area contributed by atoms with Crippen molar-refractivity contribution in [2.45, 2.75) is 33.6 Å². The van der Waals surface area contributed by atoms with Crippen LogP contribution in [-0.4, -0.2) is 44.1 Å². The third-order valence-corrected chi connectivity index (χ3v) is 7.19. The van der Waals surface area contributed by atoms with Crippen LogP contribution in [0.1, 0.15) is 59.9 Å². The predicted octanol–water partition coefficient (Wildman–Crippen LogP) is 6.86. The van der Waals surface area contributed by atoms with E-state index in [0.29, 0.717) is 50.5 Å². The molecule has 0 aliphatic rings. The van der Waals surface area contributed by atoms with E-state index >= 15 is 0 Å². The molecule has 0 aromatic heterocycles. The molecule has 4 aromatic rings. The second-order valence-corrected chi connectivity index (χ2v) is 11.4. The van der Waals surface area contributed by atoms with Gasteiger partial charge < -0.3 is 27.9 Å². The standard InChI is InChI=1S/C15H13ClFNO2.C9H11ClN2O2.C8H8BrFO.C4H9.Li/c1-2-20-14-6-4-10(17)8-12(14)15(19)11-7-9(16)3-5-13(11)18;1-12(14-2)9(13)7-5-6(10)3-4-8(7)11;1-2-11-8-4-3-6(10)5-7(8)9;1-3-4-2;/h3-8H,2,18H2,1H3;3-5H,11H2,1-2H3;3-5H,2H2,1H3;1,3-4H2,2H3;/q;;;-1;+1. The average Bonchev–Trinajstić information content (AvgIpc) is 3.08. The Balaban J connectivity index is 0.000000704. The van der Waals surface area contributed by atoms with E-state index in [2.05, 4.69) is 29.8 Å². The zero-order valence-electron chi connectivity index (χ0n) is 29.0. The van der Waals surface area contributed by atoms with Gasteiger partial charge in [0, 0.05) is 34.0 Å². The molecule has 0 fully saturated rings. The Hall–Kier alpha value is -3.30. The molecular formula is C36H41BrCl2F2LiN3O5. The first-order valence-electron chi connectivity index (χ1n) is 15.0. The van der Waals surface area contributed by atoms with Gasteiger partial charge in [-0.1, -0.05) is 36.5 Å². The number of hydrogen-bond acceptors (Lipinski definition) is 7. The SMILES string of the molecule is CCOc1ccc(F)cc1Br.CCOc1ccc(F)cc1C(=O)c1cc(Cl)ccc1N.CON(C)C(=O)c1cc(Cl)ccc1N.[CH2-]CCC.[Li+]. The Morgan fingerprint density at radius 1 is 0.780 bits per heavy atom. The molecule has 4 rings (SSSR count). The van der Waals surface area contributed by atoms with Crippen LogP contribution in [0.3, 0.4) is 0 Å². The Bertz CT molecular complexity index is 1670. The van der Waals surface area contributed by atoms with Crippen molar-refractivity contribution in [1.82, 2.24) is 5.06 Å². The summed E-state index contributed by atoms with van der Waals surface area (Å²) in [6.07, 6.45) is 2.28. The summed E-state index contributed by atoms with van der Waals surface area (Å²) in [5.41, 5.74) is 12.7. The molecule has 4 N–H and O–H groups in total. The van der Waals surface area contributed by atoms with Crippen molar-refractivity contribution in [2.75, 3.05) is 38.8 Å². The maximum Gasteiger partial charge on any atom is 1.00 e. The molecule has 8 nitrogen and oxygen atoms in total. The van der Waals surface area contributed by atoms with E-state index in [1.165, 1.54) is 63.0 Å². The number of amides is 1. The van der Waals surface area contributed by atoms with E-state index < -0.39 is 11.6 Å². The van der Waals surface area contributed by atoms with Gasteiger partial charge in [-0.2, -0.15) is 6.42 Å². The van der Waals surface area contributed by atoms with Crippen molar-refractivity contribution in [1.29, 1.82) is 0 Å². The van der Waals surface area contributed by atoms with Crippen LogP contribution in [0.2, 0.25) is 10.0 Å². The van der Waals surface area contributed by atoms with Crippen LogP contribution in [0.25, 0.3) is 0 Å². The molecule has 14 heteroatoms. The molecule has 266 valence electrons. The van der Waals surface area contributed by atoms with E-state index in [1.807, 2.05) is 6.92 Å². The van der Waals surface area contributed by atoms with Crippen molar-refractivity contribution in [3.8, 4) is 11.5 Å². The van der Waals surface area contributed by atoms with Crippen LogP contribution >= 0.6 is 39.1 Å². The fourth-order valence-electron chi connectivity index (χ4n) is 3.55. The van der Waals surface area contributed by atoms with Crippen LogP contribution in [0.15, 0.2) is 77.3 Å². The normalized spacial score (nSPS) is 9.66. The fourth-order valence-corrected chi connectivity index (χ4v) is 4.35. The van der Waals surface area contributed by atoms with E-state index in [0.717, 1.165) is 17.6 Å². The number of hydrogen-bond donors (Lipinski definition) is 2. The van der Waals surface area contributed by atoms with Gasteiger partial charge in [0.2, 0.25) is 0 Å². The minimum absolute atomic E-state index is 0. The maximum absolute atomic E-state index is 13.4. The van der Waals surface area contributed by atoms with Gasteiger partial charge in [0.15, 0.2) is 5.78 Å². The summed E-state index contributed by atoms with van der Waals surface area (Å²) in [4.78, 5) is 28.8. The number of anilines is 2. The quantitative estimate of drug-likeness (QED) is 0.0626. The number of unbranched alkanes of at least 4 members (excludes halogenated alkanes) is 1. The molecule has 1 amide bonds. The van der Waals surface area contributed by atoms with Crippen LogP contribution < -0.4 is 39.8 Å². The van der Waals surface area contributed by atoms with Crippen LogP contribution in [0.4, 0.5) is 20.2 Å². The molecule has 0 bridgehead atoms. The molecular weight excluding hydrogens is 750 g/mol. The first-order chi connectivity index (χ1) is 23.2. The topological polar surface area (TPSA) is 117 Å². The molecule has 0 heterocycles. The number of nitrogens with two attached hydrogens (primary N) is 2. The summed E-state index contributed by atoms with van der Waals surface area (Å²) in [5, 5.41) is 1.94. The number of nitrogens with zero attached hydrogens (tertiary/aromatic N) is 1. The monoisotopic (exact) mass is 789 g/mol. The van der Waals surface area contributed by atoms with Gasteiger partial charge in [0.1, 0.15) is 23.1 Å². The molecule has 0 radical (unpaired) electrons. The summed E-state index contributed by atoms with van der Waals surface area (Å²) in [6, 6.07) is 17.4. The summed E-state index contributed by atoms with van der Waals surface area (Å²) in [7, 11) is 2.90. The Morgan fingerprint density at radius 3 is 1.72 bits per heavy atom. The molecule has 0 spiro atoms. The number of halogens is 5. The first-order valence-corrected chi connectivity index (χ1v) is 16.6. The first kappa shape index (κ1) is 46.7. The summed E-state index contributed by atoms with van der Waals surface area (Å²) < 4.78 is 37.1. The summed E-state index contributed by atoms with van der Waals surface area (Å²) in [5.74, 6) is -0.537. The van der Waals surface area contributed by atoms with Crippen LogP contribution in [-0.2, 0) is 4.84 Å². The van der Waals surface area contributed by atoms with Crippen LogP contribution in [0.5, 0.6) is 11.5 Å². The largest absolute Gasteiger partial charge is 1.00 e. The van der Waals surface area contributed by atoms with Gasteiger partial charge in [0.05, 0.1) is 35.9 Å². The van der Waals surface area contributed by atoms with Gasteiger partial charge in [-0.25, -0.2) is 13.8 Å². The Labute approximate surface area is 323 Å². The molecule has 0 aliphatic carbocycles. The van der Waals surface area contributed by atoms with Gasteiger partial charge in [0.25, 0.3) is 5.91 Å². The Morgan fingerprint density at radius 2 is 1.24 bits per heavy atom. The Kier molecular flexibility index (Phi) is 23.1. The fraction of sp³-hybridized carbons (Fsp3) is 0.250. The molecule has 0 unspecified atom stereocenters. The third kappa shape index (κ3) is 15.7. The number of hydroxylamine groups is 2. The van der Waals surface area contributed by atoms with Crippen LogP contribution in [0, 0.1) is 18.6 Å². The molecule has 4 aromatic carbocycles. The van der Waals surface area contributed by atoms with Gasteiger partial charge in [-0.3, -0.25) is 14.4 Å². The maximum atomic E-state index is 13.4. The minimum Gasteiger partial charge on any atom is -0.493 e. The second-order valence-electron chi connectivity index (χ2n) is 9.71. The smallest absolute Gasteiger partial charge is 0.493 e. The number of carbonyl (C=O) groups is 2. The zero-order chi connectivity index (χ0) is 37.1. The van der Waals surface area contributed by atoms with Crippen molar-refractivity contribution in [2.24, 2.45) is 0 Å². The number of carbonyl (C=O) groups excluding carboxylic acids is 2. The van der Waals surface area contributed by atoms with Gasteiger partial charge in [-0.15, -0.1) is 0 Å². The third-order valence-electron chi connectivity index (χ3n) is 6.10. The molecule has 50 heavy (non-hydrogen) atoms. The predicted molar refractivity (Wildman–Crippen MR) is 197 cm³/mol. The molecule has 0 saturated heterocycles. The van der Waals surface area contributed by atoms with Crippen molar-refractivity contribution in [3.63, 3.8) is 0 Å². The van der Waals surface area contributed by atoms with Crippen molar-refractivity contribution >= 4 is 62.2 Å². The van der Waals surface area contributed by atoms with E-state index in [-0.39, 0.29) is 47.4 Å². The van der Waals surface area contributed by atoms with Gasteiger partial charge in [-0.05, 0) is 103 Å². The van der Waals surface area contributed by atoms with Crippen molar-refractivity contribution in [3.05, 3.63) is 123 Å². The second kappa shape index (κ2) is 24.8. The van der Waals surface area contributed by atoms with Gasteiger partial charge >= 0.3 is 18.9 Å². The molecule has 0 saturated carbocycles. The number of nitrogen functional groups attached to an aromatic ring is 2. The van der Waals surface area contributed by atoms with E-state index in [1.54, 1.807) is 31.2 Å². The molecule has 0 atom stereocenters. The average molecular weight is 791 g/mol. The summed E-state index contributed by atoms with van der Waals surface area (Å²) in [6.45, 7) is 10.3. The number of ketones is 1.